The molecule has 0 saturated heterocycles. The molecule has 0 radical (unpaired) electrons. The van der Waals surface area contributed by atoms with Gasteiger partial charge in [-0.3, -0.25) is 4.79 Å². The van der Waals surface area contributed by atoms with Gasteiger partial charge in [-0.2, -0.15) is 0 Å². The topological polar surface area (TPSA) is 78.8 Å². The monoisotopic (exact) mass is 279 g/mol. The highest BCUT2D eigenvalue weighted by Gasteiger charge is 2.33. The Hall–Kier alpha value is -1.59. The molecule has 1 amide bonds. The van der Waals surface area contributed by atoms with Crippen molar-refractivity contribution in [1.82, 2.24) is 5.32 Å². The molecule has 1 aliphatic rings. The second kappa shape index (κ2) is 6.72. The van der Waals surface area contributed by atoms with Crippen molar-refractivity contribution < 1.29 is 19.7 Å². The number of benzene rings is 1. The van der Waals surface area contributed by atoms with Gasteiger partial charge in [0.1, 0.15) is 5.75 Å². The molecule has 5 heteroatoms. The second-order valence-corrected chi connectivity index (χ2v) is 5.27. The molecule has 5 nitrogen and oxygen atoms in total. The first kappa shape index (κ1) is 14.8. The van der Waals surface area contributed by atoms with E-state index >= 15 is 0 Å². The van der Waals surface area contributed by atoms with Crippen LogP contribution in [0.3, 0.4) is 0 Å². The van der Waals surface area contributed by atoms with E-state index in [4.69, 9.17) is 9.84 Å². The Morgan fingerprint density at radius 2 is 2.25 bits per heavy atom. The van der Waals surface area contributed by atoms with Crippen LogP contribution in [0.1, 0.15) is 18.4 Å². The zero-order chi connectivity index (χ0) is 14.5. The zero-order valence-corrected chi connectivity index (χ0v) is 11.6. The fraction of sp³-hybridized carbons (Fsp3) is 0.533. The molecule has 1 aromatic rings. The van der Waals surface area contributed by atoms with Gasteiger partial charge >= 0.3 is 0 Å². The van der Waals surface area contributed by atoms with E-state index in [9.17, 15) is 9.90 Å². The molecule has 3 N–H and O–H groups in total. The maximum absolute atomic E-state index is 12.0. The van der Waals surface area contributed by atoms with Gasteiger partial charge in [0.05, 0.1) is 19.6 Å². The molecule has 1 saturated carbocycles. The molecule has 0 heterocycles. The largest absolute Gasteiger partial charge is 0.497 e. The van der Waals surface area contributed by atoms with Crippen molar-refractivity contribution in [2.24, 2.45) is 5.92 Å². The quantitative estimate of drug-likeness (QED) is 0.733. The lowest BCUT2D eigenvalue weighted by atomic mass is 10.1. The van der Waals surface area contributed by atoms with Crippen LogP contribution in [0, 0.1) is 5.92 Å². The van der Waals surface area contributed by atoms with Crippen LogP contribution in [0.2, 0.25) is 0 Å². The van der Waals surface area contributed by atoms with Crippen molar-refractivity contribution in [3.63, 3.8) is 0 Å². The molecule has 0 aliphatic heterocycles. The van der Waals surface area contributed by atoms with E-state index < -0.39 is 6.10 Å². The molecule has 2 rings (SSSR count). The summed E-state index contributed by atoms with van der Waals surface area (Å²) in [5.74, 6) is 0.526. The SMILES string of the molecule is COc1cccc(CC(=O)N[C@@H]2C[C@@H](CO)[C@H](O)C2)c1. The molecule has 110 valence electrons. The highest BCUT2D eigenvalue weighted by atomic mass is 16.5. The van der Waals surface area contributed by atoms with E-state index in [2.05, 4.69) is 5.32 Å². The second-order valence-electron chi connectivity index (χ2n) is 5.27. The summed E-state index contributed by atoms with van der Waals surface area (Å²) in [7, 11) is 1.59. The molecule has 0 aromatic heterocycles. The van der Waals surface area contributed by atoms with Gasteiger partial charge in [-0.15, -0.1) is 0 Å². The first-order valence-corrected chi connectivity index (χ1v) is 6.83. The first-order valence-electron chi connectivity index (χ1n) is 6.83. The van der Waals surface area contributed by atoms with Gasteiger partial charge in [0.25, 0.3) is 0 Å². The van der Waals surface area contributed by atoms with Crippen molar-refractivity contribution in [1.29, 1.82) is 0 Å². The molecule has 1 fully saturated rings. The number of rotatable bonds is 5. The predicted octanol–water partition coefficient (Wildman–Crippen LogP) is 0.486. The van der Waals surface area contributed by atoms with E-state index in [0.29, 0.717) is 12.8 Å². The Kier molecular flexibility index (Phi) is 4.98. The van der Waals surface area contributed by atoms with Crippen LogP contribution in [0.25, 0.3) is 0 Å². The summed E-state index contributed by atoms with van der Waals surface area (Å²) in [5.41, 5.74) is 0.888. The van der Waals surface area contributed by atoms with Crippen molar-refractivity contribution in [2.45, 2.75) is 31.4 Å². The number of carbonyl (C=O) groups is 1. The molecule has 0 spiro atoms. The standard InChI is InChI=1S/C15H21NO4/c1-20-13-4-2-3-10(5-13)6-15(19)16-12-7-11(9-17)14(18)8-12/h2-5,11-12,14,17-18H,6-9H2,1H3,(H,16,19)/t11-,12+,14+/m0/s1. The van der Waals surface area contributed by atoms with Gasteiger partial charge < -0.3 is 20.3 Å². The minimum absolute atomic E-state index is 0.0383. The minimum Gasteiger partial charge on any atom is -0.497 e. The lowest BCUT2D eigenvalue weighted by molar-refractivity contribution is -0.121. The lowest BCUT2D eigenvalue weighted by Crippen LogP contribution is -2.34. The molecule has 0 unspecified atom stereocenters. The van der Waals surface area contributed by atoms with E-state index in [1.165, 1.54) is 0 Å². The maximum Gasteiger partial charge on any atom is 0.224 e. The zero-order valence-electron chi connectivity index (χ0n) is 11.6. The fourth-order valence-corrected chi connectivity index (χ4v) is 2.66. The van der Waals surface area contributed by atoms with Crippen molar-refractivity contribution in [3.05, 3.63) is 29.8 Å². The van der Waals surface area contributed by atoms with Gasteiger partial charge in [-0.25, -0.2) is 0 Å². The summed E-state index contributed by atoms with van der Waals surface area (Å²) in [6.45, 7) is -0.0383. The third-order valence-electron chi connectivity index (χ3n) is 3.76. The number of hydrogen-bond acceptors (Lipinski definition) is 4. The van der Waals surface area contributed by atoms with Crippen molar-refractivity contribution in [3.8, 4) is 5.75 Å². The summed E-state index contributed by atoms with van der Waals surface area (Å²) < 4.78 is 5.12. The summed E-state index contributed by atoms with van der Waals surface area (Å²) in [4.78, 5) is 12.0. The normalized spacial score (nSPS) is 25.4. The number of methoxy groups -OCH3 is 1. The van der Waals surface area contributed by atoms with Crippen LogP contribution >= 0.6 is 0 Å². The average molecular weight is 279 g/mol. The van der Waals surface area contributed by atoms with Crippen LogP contribution < -0.4 is 10.1 Å². The van der Waals surface area contributed by atoms with Crippen LogP contribution in [0.4, 0.5) is 0 Å². The van der Waals surface area contributed by atoms with Crippen LogP contribution in [-0.2, 0) is 11.2 Å². The van der Waals surface area contributed by atoms with Gasteiger partial charge in [-0.05, 0) is 30.5 Å². The summed E-state index contributed by atoms with van der Waals surface area (Å²) in [6.07, 6.45) is 0.895. The number of ether oxygens (including phenoxy) is 1. The Morgan fingerprint density at radius 3 is 2.90 bits per heavy atom. The van der Waals surface area contributed by atoms with Crippen molar-refractivity contribution >= 4 is 5.91 Å². The Morgan fingerprint density at radius 1 is 1.45 bits per heavy atom. The number of aliphatic hydroxyl groups is 2. The van der Waals surface area contributed by atoms with Crippen molar-refractivity contribution in [2.75, 3.05) is 13.7 Å². The van der Waals surface area contributed by atoms with E-state index in [1.807, 2.05) is 24.3 Å². The Bertz CT molecular complexity index is 463. The van der Waals surface area contributed by atoms with Crippen LogP contribution in [0.5, 0.6) is 5.75 Å². The number of aliphatic hydroxyl groups excluding tert-OH is 2. The van der Waals surface area contributed by atoms with Gasteiger partial charge in [-0.1, -0.05) is 12.1 Å². The van der Waals surface area contributed by atoms with Crippen LogP contribution in [-0.4, -0.2) is 42.0 Å². The smallest absolute Gasteiger partial charge is 0.224 e. The minimum atomic E-state index is -0.526. The Labute approximate surface area is 118 Å². The summed E-state index contributed by atoms with van der Waals surface area (Å²) >= 11 is 0. The van der Waals surface area contributed by atoms with Crippen LogP contribution in [0.15, 0.2) is 24.3 Å². The molecule has 1 aromatic carbocycles. The first-order chi connectivity index (χ1) is 9.62. The molecule has 20 heavy (non-hydrogen) atoms. The maximum atomic E-state index is 12.0. The van der Waals surface area contributed by atoms with E-state index in [-0.39, 0.29) is 30.9 Å². The van der Waals surface area contributed by atoms with Gasteiger partial charge in [0, 0.05) is 18.6 Å². The third-order valence-corrected chi connectivity index (χ3v) is 3.76. The number of carbonyl (C=O) groups excluding carboxylic acids is 1. The molecular weight excluding hydrogens is 258 g/mol. The lowest BCUT2D eigenvalue weighted by Gasteiger charge is -2.12. The highest BCUT2D eigenvalue weighted by Crippen LogP contribution is 2.25. The van der Waals surface area contributed by atoms with E-state index in [0.717, 1.165) is 11.3 Å². The number of hydrogen-bond donors (Lipinski definition) is 3. The molecule has 3 atom stereocenters. The number of amides is 1. The third kappa shape index (κ3) is 3.71. The number of nitrogens with one attached hydrogen (secondary N) is 1. The van der Waals surface area contributed by atoms with Gasteiger partial charge in [0.2, 0.25) is 5.91 Å². The highest BCUT2D eigenvalue weighted by molar-refractivity contribution is 5.79. The average Bonchev–Trinajstić information content (AvgIpc) is 2.78. The molecule has 0 bridgehead atoms. The fourth-order valence-electron chi connectivity index (χ4n) is 2.66. The summed E-state index contributed by atoms with van der Waals surface area (Å²) in [5, 5.41) is 21.7. The van der Waals surface area contributed by atoms with E-state index in [1.54, 1.807) is 7.11 Å². The Balaban J connectivity index is 1.86. The summed E-state index contributed by atoms with van der Waals surface area (Å²) in [6, 6.07) is 7.34. The predicted molar refractivity (Wildman–Crippen MR) is 74.4 cm³/mol. The molecule has 1 aliphatic carbocycles. The molecular formula is C15H21NO4. The van der Waals surface area contributed by atoms with Gasteiger partial charge in [0.15, 0.2) is 0 Å².